The Bertz CT molecular complexity index is 519. The maximum absolute atomic E-state index is 11.2. The Labute approximate surface area is 162 Å². The van der Waals surface area contributed by atoms with Crippen LogP contribution in [0.25, 0.3) is 0 Å². The fourth-order valence-electron chi connectivity index (χ4n) is 3.99. The number of likely N-dealkylation sites (N-methyl/N-ethyl adjacent to an activating group) is 1. The molecule has 0 radical (unpaired) electrons. The lowest BCUT2D eigenvalue weighted by molar-refractivity contribution is -0.897. The number of hydrogen-bond donors (Lipinski definition) is 1. The second kappa shape index (κ2) is 10.3. The summed E-state index contributed by atoms with van der Waals surface area (Å²) in [6, 6.07) is 9.46. The first kappa shape index (κ1) is 22.1. The van der Waals surface area contributed by atoms with Crippen molar-refractivity contribution in [2.45, 2.75) is 51.0 Å². The first-order valence-electron chi connectivity index (χ1n) is 9.22. The predicted molar refractivity (Wildman–Crippen MR) is 93.2 cm³/mol. The van der Waals surface area contributed by atoms with E-state index in [1.165, 1.54) is 0 Å². The smallest absolute Gasteiger partial charge is 0.108 e. The molecule has 1 N–H and O–H groups in total. The van der Waals surface area contributed by atoms with Crippen molar-refractivity contribution in [3.8, 4) is 0 Å². The van der Waals surface area contributed by atoms with Gasteiger partial charge < -0.3 is 36.5 Å². The van der Waals surface area contributed by atoms with Gasteiger partial charge in [0.25, 0.3) is 0 Å². The Hall–Kier alpha value is -0.910. The normalized spacial score (nSPS) is 27.1. The van der Waals surface area contributed by atoms with Crippen molar-refractivity contribution in [1.29, 1.82) is 0 Å². The monoisotopic (exact) mass is 412 g/mol. The number of aliphatic hydroxyl groups is 1. The molecule has 1 aromatic carbocycles. The molecule has 0 amide bonds. The maximum Gasteiger partial charge on any atom is 0.108 e. The number of rotatable bonds is 4. The van der Waals surface area contributed by atoms with Gasteiger partial charge >= 0.3 is 0 Å². The summed E-state index contributed by atoms with van der Waals surface area (Å²) in [6.45, 7) is 5.43. The number of carbonyl (C=O) groups excluding carboxylic acids is 1. The highest BCUT2D eigenvalue weighted by atomic mass is 79.9. The Morgan fingerprint density at radius 2 is 1.84 bits per heavy atom. The third-order valence-electron chi connectivity index (χ3n) is 5.70. The molecule has 1 heterocycles. The SMILES string of the molecule is CC[N+]1(C)CCC(O)C1.O=C([O-])C(c1ccccc1)C1CCCC1.[Br-]. The molecule has 1 aromatic rings. The molecule has 0 aromatic heterocycles. The van der Waals surface area contributed by atoms with E-state index in [4.69, 9.17) is 0 Å². The molecule has 3 atom stereocenters. The van der Waals surface area contributed by atoms with Crippen LogP contribution in [0.3, 0.4) is 0 Å². The van der Waals surface area contributed by atoms with Crippen LogP contribution in [-0.4, -0.2) is 48.3 Å². The minimum Gasteiger partial charge on any atom is -1.00 e. The van der Waals surface area contributed by atoms with Gasteiger partial charge in [-0.3, -0.25) is 0 Å². The molecule has 2 fully saturated rings. The quantitative estimate of drug-likeness (QED) is 0.640. The number of hydrogen-bond acceptors (Lipinski definition) is 3. The highest BCUT2D eigenvalue weighted by Crippen LogP contribution is 2.36. The van der Waals surface area contributed by atoms with Crippen LogP contribution in [0.4, 0.5) is 0 Å². The van der Waals surface area contributed by atoms with Crippen molar-refractivity contribution in [3.05, 3.63) is 35.9 Å². The lowest BCUT2D eigenvalue weighted by Gasteiger charge is -2.27. The highest BCUT2D eigenvalue weighted by Gasteiger charge is 2.31. The number of quaternary nitrogens is 1. The van der Waals surface area contributed by atoms with Crippen LogP contribution in [0.5, 0.6) is 0 Å². The summed E-state index contributed by atoms with van der Waals surface area (Å²) in [5.74, 6) is -1.06. The van der Waals surface area contributed by atoms with Gasteiger partial charge in [-0.05, 0) is 31.2 Å². The molecule has 1 aliphatic carbocycles. The van der Waals surface area contributed by atoms with Crippen LogP contribution in [0, 0.1) is 5.92 Å². The van der Waals surface area contributed by atoms with Crippen molar-refractivity contribution in [3.63, 3.8) is 0 Å². The number of halogens is 1. The largest absolute Gasteiger partial charge is 1.00 e. The third-order valence-corrected chi connectivity index (χ3v) is 5.70. The van der Waals surface area contributed by atoms with Crippen LogP contribution >= 0.6 is 0 Å². The van der Waals surface area contributed by atoms with E-state index in [9.17, 15) is 15.0 Å². The topological polar surface area (TPSA) is 60.4 Å². The van der Waals surface area contributed by atoms with Crippen LogP contribution in [0.1, 0.15) is 50.5 Å². The molecule has 3 rings (SSSR count). The zero-order chi connectivity index (χ0) is 17.6. The average molecular weight is 413 g/mol. The zero-order valence-corrected chi connectivity index (χ0v) is 17.0. The Kier molecular flexibility index (Phi) is 9.11. The number of carbonyl (C=O) groups is 1. The highest BCUT2D eigenvalue weighted by molar-refractivity contribution is 5.74. The number of likely N-dealkylation sites (tertiary alicyclic amines) is 1. The second-order valence-electron chi connectivity index (χ2n) is 7.54. The van der Waals surface area contributed by atoms with E-state index < -0.39 is 11.9 Å². The average Bonchev–Trinajstić information content (AvgIpc) is 3.20. The molecule has 4 nitrogen and oxygen atoms in total. The minimum atomic E-state index is -0.923. The van der Waals surface area contributed by atoms with Crippen LogP contribution in [-0.2, 0) is 4.79 Å². The number of benzene rings is 1. The predicted octanol–water partition coefficient (Wildman–Crippen LogP) is -1.07. The first-order valence-corrected chi connectivity index (χ1v) is 9.22. The van der Waals surface area contributed by atoms with E-state index in [1.54, 1.807) is 0 Å². The Balaban J connectivity index is 0.000000270. The summed E-state index contributed by atoms with van der Waals surface area (Å²) in [5, 5.41) is 20.4. The van der Waals surface area contributed by atoms with Crippen molar-refractivity contribution in [2.24, 2.45) is 5.92 Å². The van der Waals surface area contributed by atoms with Gasteiger partial charge in [0.05, 0.1) is 20.1 Å². The van der Waals surface area contributed by atoms with E-state index in [1.807, 2.05) is 30.3 Å². The maximum atomic E-state index is 11.2. The molecule has 0 spiro atoms. The van der Waals surface area contributed by atoms with E-state index in [0.717, 1.165) is 61.8 Å². The van der Waals surface area contributed by atoms with Gasteiger partial charge in [-0.25, -0.2) is 0 Å². The van der Waals surface area contributed by atoms with Crippen LogP contribution in [0.15, 0.2) is 30.3 Å². The molecule has 1 aliphatic heterocycles. The van der Waals surface area contributed by atoms with Gasteiger partial charge in [-0.2, -0.15) is 0 Å². The fraction of sp³-hybridized carbons (Fsp3) is 0.650. The lowest BCUT2D eigenvalue weighted by Crippen LogP contribution is -3.00. The fourth-order valence-corrected chi connectivity index (χ4v) is 3.99. The molecule has 0 bridgehead atoms. The second-order valence-corrected chi connectivity index (χ2v) is 7.54. The van der Waals surface area contributed by atoms with Crippen molar-refractivity contribution in [2.75, 3.05) is 26.7 Å². The first-order chi connectivity index (χ1) is 11.4. The number of aliphatic carboxylic acids is 1. The summed E-state index contributed by atoms with van der Waals surface area (Å²) >= 11 is 0. The standard InChI is InChI=1S/C13H16O2.C7H16NO.BrH/c14-13(15)12(11-8-4-5-9-11)10-6-2-1-3-7-10;1-3-8(2)5-4-7(9)6-8;/h1-3,6-7,11-12H,4-5,8-9H2,(H,14,15);7,9H,3-6H2,1-2H3;1H/q;+1;/p-2. The number of nitrogens with zero attached hydrogens (tertiary/aromatic N) is 1. The number of carboxylic acid groups (broad SMARTS) is 1. The minimum absolute atomic E-state index is 0. The van der Waals surface area contributed by atoms with E-state index in [-0.39, 0.29) is 29.0 Å². The zero-order valence-electron chi connectivity index (χ0n) is 15.4. The Morgan fingerprint density at radius 3 is 2.24 bits per heavy atom. The van der Waals surface area contributed by atoms with E-state index in [2.05, 4.69) is 14.0 Å². The number of carboxylic acids is 1. The van der Waals surface area contributed by atoms with Gasteiger partial charge in [0.2, 0.25) is 0 Å². The summed E-state index contributed by atoms with van der Waals surface area (Å²) in [5.41, 5.74) is 0.893. The molecule has 1 saturated carbocycles. The summed E-state index contributed by atoms with van der Waals surface area (Å²) in [7, 11) is 2.20. The molecule has 25 heavy (non-hydrogen) atoms. The van der Waals surface area contributed by atoms with Gasteiger partial charge in [0.15, 0.2) is 0 Å². The van der Waals surface area contributed by atoms with Crippen molar-refractivity contribution < 1.29 is 36.5 Å². The van der Waals surface area contributed by atoms with Crippen LogP contribution < -0.4 is 22.1 Å². The molecule has 142 valence electrons. The van der Waals surface area contributed by atoms with Gasteiger partial charge in [-0.1, -0.05) is 43.2 Å². The summed E-state index contributed by atoms with van der Waals surface area (Å²) in [4.78, 5) is 11.2. The summed E-state index contributed by atoms with van der Waals surface area (Å²) in [6.07, 6.45) is 5.31. The molecular weight excluding hydrogens is 382 g/mol. The lowest BCUT2D eigenvalue weighted by atomic mass is 9.85. The molecule has 5 heteroatoms. The van der Waals surface area contributed by atoms with E-state index in [0.29, 0.717) is 0 Å². The molecule has 1 saturated heterocycles. The summed E-state index contributed by atoms with van der Waals surface area (Å²) < 4.78 is 1.06. The van der Waals surface area contributed by atoms with Crippen molar-refractivity contribution >= 4 is 5.97 Å². The number of aliphatic hydroxyl groups excluding tert-OH is 1. The molecular formula is C20H31BrNO3-. The van der Waals surface area contributed by atoms with Gasteiger partial charge in [0, 0.05) is 18.3 Å². The van der Waals surface area contributed by atoms with Gasteiger partial charge in [-0.15, -0.1) is 0 Å². The molecule has 3 unspecified atom stereocenters. The van der Waals surface area contributed by atoms with E-state index >= 15 is 0 Å². The van der Waals surface area contributed by atoms with Crippen molar-refractivity contribution in [1.82, 2.24) is 0 Å². The molecule has 2 aliphatic rings. The third kappa shape index (κ3) is 6.39. The Morgan fingerprint density at radius 1 is 1.24 bits per heavy atom. The van der Waals surface area contributed by atoms with Crippen LogP contribution in [0.2, 0.25) is 0 Å². The van der Waals surface area contributed by atoms with Gasteiger partial charge in [0.1, 0.15) is 12.6 Å².